The van der Waals surface area contributed by atoms with E-state index in [0.717, 1.165) is 22.0 Å². The lowest BCUT2D eigenvalue weighted by molar-refractivity contribution is -0.118. The summed E-state index contributed by atoms with van der Waals surface area (Å²) in [5.74, 6) is -0.846. The highest BCUT2D eigenvalue weighted by Crippen LogP contribution is 2.31. The molecule has 0 radical (unpaired) electrons. The fourth-order valence-electron chi connectivity index (χ4n) is 3.87. The van der Waals surface area contributed by atoms with Gasteiger partial charge in [-0.05, 0) is 47.7 Å². The number of aliphatic imine (C=N–C) groups is 1. The molecule has 2 unspecified atom stereocenters. The summed E-state index contributed by atoms with van der Waals surface area (Å²) in [6.07, 6.45) is 1.70. The van der Waals surface area contributed by atoms with Crippen molar-refractivity contribution in [2.24, 2.45) is 10.9 Å². The second-order valence-electron chi connectivity index (χ2n) is 7.42. The van der Waals surface area contributed by atoms with Gasteiger partial charge in [-0.15, -0.1) is 11.3 Å². The third-order valence-electron chi connectivity index (χ3n) is 5.41. The van der Waals surface area contributed by atoms with Crippen molar-refractivity contribution in [3.63, 3.8) is 0 Å². The summed E-state index contributed by atoms with van der Waals surface area (Å²) >= 11 is 1.67. The van der Waals surface area contributed by atoms with Crippen LogP contribution in [0.1, 0.15) is 18.5 Å². The quantitative estimate of drug-likeness (QED) is 0.436. The van der Waals surface area contributed by atoms with Gasteiger partial charge in [-0.2, -0.15) is 5.10 Å². The number of carbonyl (C=O) groups excluding carboxylic acids is 2. The number of anilines is 1. The molecule has 1 aliphatic heterocycles. The predicted octanol–water partition coefficient (Wildman–Crippen LogP) is 4.77. The van der Waals surface area contributed by atoms with Crippen molar-refractivity contribution >= 4 is 45.6 Å². The summed E-state index contributed by atoms with van der Waals surface area (Å²) < 4.78 is 0. The average molecular weight is 430 g/mol. The molecule has 5 rings (SSSR count). The normalized spacial score (nSPS) is 18.5. The first-order chi connectivity index (χ1) is 15.1. The van der Waals surface area contributed by atoms with Crippen molar-refractivity contribution in [3.05, 3.63) is 71.7 Å². The molecule has 0 aliphatic carbocycles. The van der Waals surface area contributed by atoms with E-state index in [0.29, 0.717) is 11.4 Å². The minimum Gasteiger partial charge on any atom is -0.328 e. The highest BCUT2D eigenvalue weighted by atomic mass is 32.1. The zero-order valence-corrected chi connectivity index (χ0v) is 17.4. The molecule has 2 aromatic carbocycles. The van der Waals surface area contributed by atoms with E-state index in [4.69, 9.17) is 0 Å². The van der Waals surface area contributed by atoms with Gasteiger partial charge < -0.3 is 10.6 Å². The molecule has 0 saturated heterocycles. The number of rotatable bonds is 4. The Hall–Kier alpha value is -3.78. The van der Waals surface area contributed by atoms with E-state index < -0.39 is 18.0 Å². The predicted molar refractivity (Wildman–Crippen MR) is 122 cm³/mol. The monoisotopic (exact) mass is 429 g/mol. The van der Waals surface area contributed by atoms with Crippen LogP contribution in [0.3, 0.4) is 0 Å². The Balaban J connectivity index is 1.43. The first-order valence-corrected chi connectivity index (χ1v) is 10.7. The first kappa shape index (κ1) is 19.2. The fourth-order valence-corrected chi connectivity index (χ4v) is 4.61. The Morgan fingerprint density at radius 1 is 1.13 bits per heavy atom. The maximum Gasteiger partial charge on any atom is 0.341 e. The molecule has 2 aromatic heterocycles. The van der Waals surface area contributed by atoms with Gasteiger partial charge in [0, 0.05) is 21.7 Å². The molecule has 0 saturated carbocycles. The number of benzene rings is 2. The molecule has 0 fully saturated rings. The molecule has 3 heterocycles. The molecule has 4 aromatic rings. The molecule has 8 heteroatoms. The highest BCUT2D eigenvalue weighted by molar-refractivity contribution is 7.13. The Morgan fingerprint density at radius 3 is 2.74 bits per heavy atom. The first-order valence-electron chi connectivity index (χ1n) is 9.82. The van der Waals surface area contributed by atoms with Crippen molar-refractivity contribution in [1.82, 2.24) is 15.5 Å². The molecule has 31 heavy (non-hydrogen) atoms. The van der Waals surface area contributed by atoms with Crippen LogP contribution in [0, 0.1) is 5.92 Å². The summed E-state index contributed by atoms with van der Waals surface area (Å²) in [5, 5.41) is 15.7. The fraction of sp³-hybridized carbons (Fsp3) is 0.130. The van der Waals surface area contributed by atoms with Crippen LogP contribution in [0.2, 0.25) is 0 Å². The number of nitrogens with zero attached hydrogens (tertiary/aromatic N) is 2. The third kappa shape index (κ3) is 3.73. The minimum atomic E-state index is -0.620. The van der Waals surface area contributed by atoms with E-state index in [1.807, 2.05) is 53.9 Å². The maximum absolute atomic E-state index is 13.2. The van der Waals surface area contributed by atoms with Crippen molar-refractivity contribution < 1.29 is 9.59 Å². The van der Waals surface area contributed by atoms with E-state index in [1.165, 1.54) is 4.88 Å². The van der Waals surface area contributed by atoms with Crippen molar-refractivity contribution in [2.45, 2.75) is 13.0 Å². The second-order valence-corrected chi connectivity index (χ2v) is 8.37. The minimum absolute atomic E-state index is 0.226. The molecule has 3 N–H and O–H groups in total. The lowest BCUT2D eigenvalue weighted by atomic mass is 9.87. The van der Waals surface area contributed by atoms with Gasteiger partial charge in [0.05, 0.1) is 17.8 Å². The Bertz CT molecular complexity index is 1290. The number of fused-ring (bicyclic) bond motifs is 1. The molecule has 1 aliphatic rings. The summed E-state index contributed by atoms with van der Waals surface area (Å²) in [6.45, 7) is 1.72. The van der Waals surface area contributed by atoms with E-state index in [9.17, 15) is 9.59 Å². The van der Waals surface area contributed by atoms with Crippen molar-refractivity contribution in [1.29, 1.82) is 0 Å². The van der Waals surface area contributed by atoms with Crippen LogP contribution in [0.5, 0.6) is 0 Å². The Morgan fingerprint density at radius 2 is 1.97 bits per heavy atom. The summed E-state index contributed by atoms with van der Waals surface area (Å²) in [4.78, 5) is 30.5. The van der Waals surface area contributed by atoms with Crippen LogP contribution in [0.4, 0.5) is 10.5 Å². The SMILES string of the molecule is CC1=NC(=O)NC(c2ccc(-c3cccs3)cc2)C1C(=O)Nc1ccc2[nH]ncc2c1. The number of nitrogens with one attached hydrogen (secondary N) is 3. The van der Waals surface area contributed by atoms with Crippen LogP contribution in [0.15, 0.2) is 71.2 Å². The van der Waals surface area contributed by atoms with E-state index >= 15 is 0 Å². The summed E-state index contributed by atoms with van der Waals surface area (Å²) in [5.41, 5.74) is 3.99. The number of urea groups is 1. The van der Waals surface area contributed by atoms with Gasteiger partial charge in [-0.3, -0.25) is 9.89 Å². The number of hydrogen-bond donors (Lipinski definition) is 3. The van der Waals surface area contributed by atoms with Crippen LogP contribution < -0.4 is 10.6 Å². The largest absolute Gasteiger partial charge is 0.341 e. The molecule has 7 nitrogen and oxygen atoms in total. The lowest BCUT2D eigenvalue weighted by Gasteiger charge is -2.30. The standard InChI is InChI=1S/C23H19N5O2S/c1-13-20(22(29)26-17-8-9-18-16(11-17)12-24-28-18)21(27-23(30)25-13)15-6-4-14(5-7-15)19-3-2-10-31-19/h2-12,20-21H,1H3,(H,24,28)(H,26,29)(H,27,30). The zero-order chi connectivity index (χ0) is 21.4. The topological polar surface area (TPSA) is 99.2 Å². The van der Waals surface area contributed by atoms with Crippen LogP contribution in [-0.4, -0.2) is 27.8 Å². The van der Waals surface area contributed by atoms with Crippen LogP contribution in [0.25, 0.3) is 21.3 Å². The third-order valence-corrected chi connectivity index (χ3v) is 6.32. The number of H-pyrrole nitrogens is 1. The number of aromatic nitrogens is 2. The number of aromatic amines is 1. The molecular weight excluding hydrogens is 410 g/mol. The smallest absolute Gasteiger partial charge is 0.328 e. The molecule has 154 valence electrons. The lowest BCUT2D eigenvalue weighted by Crippen LogP contribution is -2.45. The number of carbonyl (C=O) groups is 2. The highest BCUT2D eigenvalue weighted by Gasteiger charge is 2.36. The van der Waals surface area contributed by atoms with Gasteiger partial charge in [0.1, 0.15) is 5.92 Å². The van der Waals surface area contributed by atoms with E-state index in [-0.39, 0.29) is 5.91 Å². The van der Waals surface area contributed by atoms with Gasteiger partial charge in [-0.25, -0.2) is 9.79 Å². The molecular formula is C23H19N5O2S. The van der Waals surface area contributed by atoms with Gasteiger partial charge in [0.15, 0.2) is 0 Å². The Labute approximate surface area is 182 Å². The van der Waals surface area contributed by atoms with Crippen LogP contribution in [-0.2, 0) is 4.79 Å². The van der Waals surface area contributed by atoms with Gasteiger partial charge >= 0.3 is 6.03 Å². The number of amides is 3. The van der Waals surface area contributed by atoms with E-state index in [2.05, 4.69) is 31.9 Å². The molecule has 3 amide bonds. The molecule has 0 bridgehead atoms. The zero-order valence-electron chi connectivity index (χ0n) is 16.6. The van der Waals surface area contributed by atoms with E-state index in [1.54, 1.807) is 24.5 Å². The Kier molecular flexibility index (Phi) is 4.83. The number of hydrogen-bond acceptors (Lipinski definition) is 4. The van der Waals surface area contributed by atoms with Crippen LogP contribution >= 0.6 is 11.3 Å². The van der Waals surface area contributed by atoms with Crippen molar-refractivity contribution in [3.8, 4) is 10.4 Å². The van der Waals surface area contributed by atoms with Gasteiger partial charge in [0.2, 0.25) is 5.91 Å². The second kappa shape index (κ2) is 7.81. The summed E-state index contributed by atoms with van der Waals surface area (Å²) in [6, 6.07) is 16.6. The van der Waals surface area contributed by atoms with Crippen molar-refractivity contribution in [2.75, 3.05) is 5.32 Å². The van der Waals surface area contributed by atoms with Gasteiger partial charge in [0.25, 0.3) is 0 Å². The van der Waals surface area contributed by atoms with Gasteiger partial charge in [-0.1, -0.05) is 30.3 Å². The summed E-state index contributed by atoms with van der Waals surface area (Å²) in [7, 11) is 0. The number of thiophene rings is 1. The molecule has 2 atom stereocenters. The average Bonchev–Trinajstić information content (AvgIpc) is 3.45. The maximum atomic E-state index is 13.2. The molecule has 0 spiro atoms.